The van der Waals surface area contributed by atoms with E-state index in [2.05, 4.69) is 18.7 Å². The van der Waals surface area contributed by atoms with Crippen LogP contribution in [0.4, 0.5) is 5.69 Å². The average Bonchev–Trinajstić information content (AvgIpc) is 2.85. The Balaban J connectivity index is 2.14. The fourth-order valence-corrected chi connectivity index (χ4v) is 4.14. The normalized spacial score (nSPS) is 18.4. The summed E-state index contributed by atoms with van der Waals surface area (Å²) in [5.41, 5.74) is 2.09. The molecule has 31 heavy (non-hydrogen) atoms. The molecule has 1 aliphatic heterocycles. The molecule has 3 rings (SSSR count). The number of halogens is 1. The quantitative estimate of drug-likeness (QED) is 0.666. The molecule has 7 heteroatoms. The number of carbonyl (C=O) groups excluding carboxylic acids is 1. The topological polar surface area (TPSA) is 70.1 Å². The lowest BCUT2D eigenvalue weighted by Crippen LogP contribution is -2.45. The predicted octanol–water partition coefficient (Wildman–Crippen LogP) is 4.76. The molecule has 0 fully saturated rings. The Morgan fingerprint density at radius 1 is 1.19 bits per heavy atom. The van der Waals surface area contributed by atoms with Gasteiger partial charge in [0.15, 0.2) is 12.1 Å². The van der Waals surface area contributed by atoms with Crippen LogP contribution < -0.4 is 9.64 Å². The Hall–Kier alpha value is -2.73. The third-order valence-corrected chi connectivity index (χ3v) is 6.02. The molecule has 1 heterocycles. The third kappa shape index (κ3) is 4.64. The number of hydrogen-bond acceptors (Lipinski definition) is 4. The zero-order valence-electron chi connectivity index (χ0n) is 18.3. The Labute approximate surface area is 188 Å². The van der Waals surface area contributed by atoms with Crippen molar-refractivity contribution in [2.24, 2.45) is 5.92 Å². The molecule has 2 unspecified atom stereocenters. The first-order valence-electron chi connectivity index (χ1n) is 10.6. The molecule has 0 aliphatic carbocycles. The molecule has 2 aromatic rings. The van der Waals surface area contributed by atoms with Crippen molar-refractivity contribution in [1.82, 2.24) is 4.90 Å². The highest BCUT2D eigenvalue weighted by molar-refractivity contribution is 6.31. The molecule has 0 spiro atoms. The van der Waals surface area contributed by atoms with Gasteiger partial charge in [0.2, 0.25) is 0 Å². The molecule has 2 aromatic carbocycles. The summed E-state index contributed by atoms with van der Waals surface area (Å²) in [6, 6.07) is 11.5. The molecule has 0 saturated heterocycles. The first-order chi connectivity index (χ1) is 14.8. The summed E-state index contributed by atoms with van der Waals surface area (Å²) in [6.07, 6.45) is -0.794. The van der Waals surface area contributed by atoms with Crippen LogP contribution in [0.15, 0.2) is 42.5 Å². The van der Waals surface area contributed by atoms with Crippen molar-refractivity contribution in [3.63, 3.8) is 0 Å². The van der Waals surface area contributed by atoms with Crippen molar-refractivity contribution in [3.05, 3.63) is 58.6 Å². The Morgan fingerprint density at radius 3 is 2.45 bits per heavy atom. The van der Waals surface area contributed by atoms with Crippen molar-refractivity contribution >= 4 is 29.2 Å². The first-order valence-corrected chi connectivity index (χ1v) is 11.0. The molecule has 166 valence electrons. The molecular weight excluding hydrogens is 416 g/mol. The Bertz CT molecular complexity index is 958. The van der Waals surface area contributed by atoms with Gasteiger partial charge in [-0.2, -0.15) is 0 Å². The van der Waals surface area contributed by atoms with Gasteiger partial charge in [-0.3, -0.25) is 4.79 Å². The summed E-state index contributed by atoms with van der Waals surface area (Å²) in [6.45, 7) is 9.60. The van der Waals surface area contributed by atoms with Crippen LogP contribution in [0.1, 0.15) is 44.9 Å². The number of hydrogen-bond donors (Lipinski definition) is 1. The maximum Gasteiger partial charge on any atom is 0.331 e. The minimum absolute atomic E-state index is 0.0826. The first kappa shape index (κ1) is 22.9. The lowest BCUT2D eigenvalue weighted by atomic mass is 10.0. The highest BCUT2D eigenvalue weighted by Crippen LogP contribution is 2.39. The Morgan fingerprint density at radius 2 is 1.87 bits per heavy atom. The van der Waals surface area contributed by atoms with Crippen molar-refractivity contribution in [2.75, 3.05) is 18.0 Å². The van der Waals surface area contributed by atoms with Crippen molar-refractivity contribution < 1.29 is 19.4 Å². The summed E-state index contributed by atoms with van der Waals surface area (Å²) in [5.74, 6) is -1.17. The number of rotatable bonds is 7. The zero-order chi connectivity index (χ0) is 22.7. The molecular formula is C24H29ClN2O4. The molecule has 0 bridgehead atoms. The van der Waals surface area contributed by atoms with Gasteiger partial charge < -0.3 is 19.6 Å². The van der Waals surface area contributed by atoms with Gasteiger partial charge in [0.05, 0.1) is 0 Å². The van der Waals surface area contributed by atoms with Gasteiger partial charge in [-0.25, -0.2) is 4.79 Å². The largest absolute Gasteiger partial charge is 0.480 e. The maximum atomic E-state index is 13.5. The van der Waals surface area contributed by atoms with Crippen LogP contribution >= 0.6 is 11.6 Å². The third-order valence-electron chi connectivity index (χ3n) is 5.65. The highest BCUT2D eigenvalue weighted by Gasteiger charge is 2.42. The summed E-state index contributed by atoms with van der Waals surface area (Å²) in [4.78, 5) is 29.4. The number of amides is 1. The van der Waals surface area contributed by atoms with E-state index in [9.17, 15) is 14.7 Å². The number of fused-ring (bicyclic) bond motifs is 1. The lowest BCUT2D eigenvalue weighted by Gasteiger charge is -2.30. The van der Waals surface area contributed by atoms with E-state index in [1.165, 1.54) is 4.90 Å². The number of aliphatic carboxylic acids is 1. The van der Waals surface area contributed by atoms with Gasteiger partial charge in [-0.05, 0) is 37.5 Å². The molecule has 0 radical (unpaired) electrons. The molecule has 6 nitrogen and oxygen atoms in total. The molecule has 1 aliphatic rings. The molecule has 2 atom stereocenters. The molecule has 0 saturated carbocycles. The minimum atomic E-state index is -1.17. The van der Waals surface area contributed by atoms with E-state index >= 15 is 0 Å². The minimum Gasteiger partial charge on any atom is -0.480 e. The SMILES string of the molecule is CCN(CC)c1ccc2c(c1)OC(C(C)C)C(=O)N(Cc1ccccc1Cl)C2C(=O)O. The van der Waals surface area contributed by atoms with Gasteiger partial charge >= 0.3 is 5.97 Å². The van der Waals surface area contributed by atoms with E-state index in [1.807, 2.05) is 32.0 Å². The van der Waals surface area contributed by atoms with Crippen molar-refractivity contribution in [3.8, 4) is 5.75 Å². The number of anilines is 1. The lowest BCUT2D eigenvalue weighted by molar-refractivity contribution is -0.154. The van der Waals surface area contributed by atoms with Crippen LogP contribution in [-0.2, 0) is 16.1 Å². The fraction of sp³-hybridized carbons (Fsp3) is 0.417. The fourth-order valence-electron chi connectivity index (χ4n) is 3.95. The second-order valence-corrected chi connectivity index (χ2v) is 8.38. The van der Waals surface area contributed by atoms with E-state index in [1.54, 1.807) is 24.3 Å². The predicted molar refractivity (Wildman–Crippen MR) is 122 cm³/mol. The van der Waals surface area contributed by atoms with Gasteiger partial charge in [0.25, 0.3) is 5.91 Å². The Kier molecular flexibility index (Phi) is 7.11. The van der Waals surface area contributed by atoms with Crippen LogP contribution in [0.3, 0.4) is 0 Å². The molecule has 0 aromatic heterocycles. The standard InChI is InChI=1S/C24H29ClN2O4/c1-5-26(6-2)17-11-12-18-20(13-17)31-22(15(3)4)23(28)27(21(18)24(29)30)14-16-9-7-8-10-19(16)25/h7-13,15,21-22H,5-6,14H2,1-4H3,(H,29,30). The van der Waals surface area contributed by atoms with Crippen LogP contribution in [0.25, 0.3) is 0 Å². The number of carbonyl (C=O) groups is 2. The second kappa shape index (κ2) is 9.60. The summed E-state index contributed by atoms with van der Waals surface area (Å²) < 4.78 is 6.17. The summed E-state index contributed by atoms with van der Waals surface area (Å²) in [5, 5.41) is 10.6. The smallest absolute Gasteiger partial charge is 0.331 e. The van der Waals surface area contributed by atoms with E-state index in [-0.39, 0.29) is 18.4 Å². The number of ether oxygens (including phenoxy) is 1. The van der Waals surface area contributed by atoms with Crippen LogP contribution in [-0.4, -0.2) is 41.1 Å². The monoisotopic (exact) mass is 444 g/mol. The number of benzene rings is 2. The van der Waals surface area contributed by atoms with E-state index in [0.717, 1.165) is 18.8 Å². The van der Waals surface area contributed by atoms with Gasteiger partial charge in [-0.1, -0.05) is 49.7 Å². The zero-order valence-corrected chi connectivity index (χ0v) is 19.1. The van der Waals surface area contributed by atoms with Gasteiger partial charge in [0, 0.05) is 42.0 Å². The van der Waals surface area contributed by atoms with Crippen LogP contribution in [0.2, 0.25) is 5.02 Å². The van der Waals surface area contributed by atoms with E-state index in [4.69, 9.17) is 16.3 Å². The molecule has 1 N–H and O–H groups in total. The highest BCUT2D eigenvalue weighted by atomic mass is 35.5. The summed E-state index contributed by atoms with van der Waals surface area (Å²) in [7, 11) is 0. The van der Waals surface area contributed by atoms with Crippen LogP contribution in [0, 0.1) is 5.92 Å². The number of carboxylic acid groups (broad SMARTS) is 1. The van der Waals surface area contributed by atoms with Gasteiger partial charge in [-0.15, -0.1) is 0 Å². The van der Waals surface area contributed by atoms with Crippen molar-refractivity contribution in [2.45, 2.75) is 46.4 Å². The average molecular weight is 445 g/mol. The van der Waals surface area contributed by atoms with Gasteiger partial charge in [0.1, 0.15) is 5.75 Å². The van der Waals surface area contributed by atoms with E-state index in [0.29, 0.717) is 21.9 Å². The number of carboxylic acids is 1. The molecule has 1 amide bonds. The summed E-state index contributed by atoms with van der Waals surface area (Å²) >= 11 is 6.32. The maximum absolute atomic E-state index is 13.5. The second-order valence-electron chi connectivity index (χ2n) is 7.98. The van der Waals surface area contributed by atoms with E-state index < -0.39 is 18.1 Å². The van der Waals surface area contributed by atoms with Crippen LogP contribution in [0.5, 0.6) is 5.75 Å². The number of nitrogens with zero attached hydrogens (tertiary/aromatic N) is 2. The van der Waals surface area contributed by atoms with Crippen molar-refractivity contribution in [1.29, 1.82) is 0 Å².